The number of aromatic nitrogens is 1. The minimum absolute atomic E-state index is 0.0316. The maximum atomic E-state index is 12.6. The number of hydrogen-bond donors (Lipinski definition) is 1. The second kappa shape index (κ2) is 7.96. The normalized spacial score (nSPS) is 11.0. The van der Waals surface area contributed by atoms with Crippen molar-refractivity contribution in [2.75, 3.05) is 6.54 Å². The number of benzene rings is 3. The standard InChI is InChI=1S/C23H20N2O3/c26-22(16-25-20-13-7-8-14-21(20)28-23(25)27)24-15-19(17-9-3-1-4-10-17)18-11-5-2-6-12-18/h1-14,19H,15-16H2,(H,24,26). The lowest BCUT2D eigenvalue weighted by atomic mass is 9.91. The summed E-state index contributed by atoms with van der Waals surface area (Å²) in [5.41, 5.74) is 3.34. The van der Waals surface area contributed by atoms with E-state index in [1.54, 1.807) is 18.2 Å². The number of carbonyl (C=O) groups excluding carboxylic acids is 1. The lowest BCUT2D eigenvalue weighted by Crippen LogP contribution is -2.33. The molecule has 140 valence electrons. The van der Waals surface area contributed by atoms with Crippen LogP contribution in [0.3, 0.4) is 0 Å². The molecule has 0 aliphatic carbocycles. The minimum atomic E-state index is -0.529. The molecule has 0 aliphatic rings. The van der Waals surface area contributed by atoms with Gasteiger partial charge in [-0.1, -0.05) is 72.8 Å². The van der Waals surface area contributed by atoms with Crippen LogP contribution in [0.5, 0.6) is 0 Å². The van der Waals surface area contributed by atoms with Gasteiger partial charge in [-0.3, -0.25) is 9.36 Å². The largest absolute Gasteiger partial charge is 0.420 e. The van der Waals surface area contributed by atoms with E-state index in [2.05, 4.69) is 29.6 Å². The Morgan fingerprint density at radius 3 is 2.07 bits per heavy atom. The van der Waals surface area contributed by atoms with E-state index in [9.17, 15) is 9.59 Å². The molecule has 4 rings (SSSR count). The van der Waals surface area contributed by atoms with Crippen LogP contribution >= 0.6 is 0 Å². The number of para-hydroxylation sites is 2. The second-order valence-electron chi connectivity index (χ2n) is 6.60. The molecule has 0 saturated carbocycles. The van der Waals surface area contributed by atoms with Crippen LogP contribution in [0.2, 0.25) is 0 Å². The Hall–Kier alpha value is -3.60. The van der Waals surface area contributed by atoms with Gasteiger partial charge in [-0.05, 0) is 23.3 Å². The van der Waals surface area contributed by atoms with Gasteiger partial charge in [0.25, 0.3) is 0 Å². The van der Waals surface area contributed by atoms with Crippen LogP contribution < -0.4 is 11.1 Å². The molecule has 4 aromatic rings. The highest BCUT2D eigenvalue weighted by atomic mass is 16.4. The summed E-state index contributed by atoms with van der Waals surface area (Å²) in [5.74, 6) is -0.728. The van der Waals surface area contributed by atoms with Crippen molar-refractivity contribution >= 4 is 17.0 Å². The van der Waals surface area contributed by atoms with Crippen molar-refractivity contribution in [3.63, 3.8) is 0 Å². The van der Waals surface area contributed by atoms with E-state index < -0.39 is 5.76 Å². The third-order valence-corrected chi connectivity index (χ3v) is 4.78. The summed E-state index contributed by atoms with van der Waals surface area (Å²) in [6.45, 7) is 0.365. The quantitative estimate of drug-likeness (QED) is 0.563. The highest BCUT2D eigenvalue weighted by molar-refractivity contribution is 5.79. The van der Waals surface area contributed by atoms with E-state index in [0.29, 0.717) is 17.6 Å². The Morgan fingerprint density at radius 2 is 1.43 bits per heavy atom. The summed E-state index contributed by atoms with van der Waals surface area (Å²) in [6.07, 6.45) is 0. The summed E-state index contributed by atoms with van der Waals surface area (Å²) < 4.78 is 6.54. The zero-order valence-electron chi connectivity index (χ0n) is 15.2. The van der Waals surface area contributed by atoms with Gasteiger partial charge in [0.2, 0.25) is 5.91 Å². The Bertz CT molecular complexity index is 1090. The number of oxazole rings is 1. The van der Waals surface area contributed by atoms with E-state index in [0.717, 1.165) is 11.1 Å². The van der Waals surface area contributed by atoms with Crippen LogP contribution in [0.15, 0.2) is 94.1 Å². The van der Waals surface area contributed by atoms with Crippen LogP contribution in [0, 0.1) is 0 Å². The Balaban J connectivity index is 1.52. The summed E-state index contributed by atoms with van der Waals surface area (Å²) in [7, 11) is 0. The molecule has 1 N–H and O–H groups in total. The SMILES string of the molecule is O=C(Cn1c(=O)oc2ccccc21)NCC(c1ccccc1)c1ccccc1. The molecule has 0 saturated heterocycles. The molecule has 3 aromatic carbocycles. The minimum Gasteiger partial charge on any atom is -0.408 e. The van der Waals surface area contributed by atoms with E-state index in [-0.39, 0.29) is 18.4 Å². The second-order valence-corrected chi connectivity index (χ2v) is 6.60. The predicted molar refractivity (Wildman–Crippen MR) is 108 cm³/mol. The molecule has 0 unspecified atom stereocenters. The topological polar surface area (TPSA) is 64.2 Å². The first-order chi connectivity index (χ1) is 13.7. The van der Waals surface area contributed by atoms with Crippen LogP contribution in [0.4, 0.5) is 0 Å². The molecular weight excluding hydrogens is 352 g/mol. The van der Waals surface area contributed by atoms with Crippen LogP contribution in [0.25, 0.3) is 11.1 Å². The van der Waals surface area contributed by atoms with E-state index in [1.165, 1.54) is 4.57 Å². The zero-order chi connectivity index (χ0) is 19.3. The monoisotopic (exact) mass is 372 g/mol. The van der Waals surface area contributed by atoms with E-state index in [4.69, 9.17) is 4.42 Å². The molecule has 0 radical (unpaired) electrons. The third-order valence-electron chi connectivity index (χ3n) is 4.78. The molecule has 0 atom stereocenters. The molecular formula is C23H20N2O3. The highest BCUT2D eigenvalue weighted by Crippen LogP contribution is 2.23. The molecule has 0 bridgehead atoms. The number of nitrogens with one attached hydrogen (secondary N) is 1. The molecule has 0 fully saturated rings. The van der Waals surface area contributed by atoms with Gasteiger partial charge in [0.05, 0.1) is 5.52 Å². The van der Waals surface area contributed by atoms with Gasteiger partial charge in [0.1, 0.15) is 6.54 Å². The first kappa shape index (κ1) is 17.8. The molecule has 1 aromatic heterocycles. The van der Waals surface area contributed by atoms with Gasteiger partial charge in [0.15, 0.2) is 5.58 Å². The fraction of sp³-hybridized carbons (Fsp3) is 0.130. The molecule has 28 heavy (non-hydrogen) atoms. The number of fused-ring (bicyclic) bond motifs is 1. The number of amides is 1. The molecule has 5 heteroatoms. The lowest BCUT2D eigenvalue weighted by molar-refractivity contribution is -0.121. The Kier molecular flexibility index (Phi) is 5.06. The average molecular weight is 372 g/mol. The molecule has 0 aliphatic heterocycles. The predicted octanol–water partition coefficient (Wildman–Crippen LogP) is 3.54. The maximum Gasteiger partial charge on any atom is 0.420 e. The van der Waals surface area contributed by atoms with Gasteiger partial charge in [-0.25, -0.2) is 4.79 Å². The van der Waals surface area contributed by atoms with Crippen molar-refractivity contribution in [3.05, 3.63) is 107 Å². The zero-order valence-corrected chi connectivity index (χ0v) is 15.2. The molecule has 5 nitrogen and oxygen atoms in total. The highest BCUT2D eigenvalue weighted by Gasteiger charge is 2.17. The van der Waals surface area contributed by atoms with Crippen LogP contribution in [-0.2, 0) is 11.3 Å². The number of nitrogens with zero attached hydrogens (tertiary/aromatic N) is 1. The lowest BCUT2D eigenvalue weighted by Gasteiger charge is -2.19. The van der Waals surface area contributed by atoms with E-state index in [1.807, 2.05) is 42.5 Å². The molecule has 1 heterocycles. The third kappa shape index (κ3) is 3.74. The van der Waals surface area contributed by atoms with Gasteiger partial charge >= 0.3 is 5.76 Å². The van der Waals surface area contributed by atoms with Gasteiger partial charge in [0, 0.05) is 12.5 Å². The number of rotatable bonds is 6. The van der Waals surface area contributed by atoms with Gasteiger partial charge in [-0.2, -0.15) is 0 Å². The van der Waals surface area contributed by atoms with Crippen molar-refractivity contribution in [2.45, 2.75) is 12.5 Å². The summed E-state index contributed by atoms with van der Waals surface area (Å²) in [6, 6.07) is 27.2. The Morgan fingerprint density at radius 1 is 0.857 bits per heavy atom. The maximum absolute atomic E-state index is 12.6. The summed E-state index contributed by atoms with van der Waals surface area (Å²) >= 11 is 0. The van der Waals surface area contributed by atoms with Crippen molar-refractivity contribution in [2.24, 2.45) is 0 Å². The summed E-state index contributed by atoms with van der Waals surface area (Å²) in [5, 5.41) is 2.97. The van der Waals surface area contributed by atoms with Crippen molar-refractivity contribution in [1.82, 2.24) is 9.88 Å². The fourth-order valence-corrected chi connectivity index (χ4v) is 3.38. The number of carbonyl (C=O) groups is 1. The van der Waals surface area contributed by atoms with E-state index >= 15 is 0 Å². The van der Waals surface area contributed by atoms with Crippen molar-refractivity contribution in [3.8, 4) is 0 Å². The number of hydrogen-bond acceptors (Lipinski definition) is 3. The summed E-state index contributed by atoms with van der Waals surface area (Å²) in [4.78, 5) is 24.6. The van der Waals surface area contributed by atoms with Crippen molar-refractivity contribution < 1.29 is 9.21 Å². The van der Waals surface area contributed by atoms with Crippen LogP contribution in [-0.4, -0.2) is 17.0 Å². The van der Waals surface area contributed by atoms with Crippen LogP contribution in [0.1, 0.15) is 17.0 Å². The first-order valence-corrected chi connectivity index (χ1v) is 9.17. The average Bonchev–Trinajstić information content (AvgIpc) is 3.05. The Labute approximate surface area is 162 Å². The molecule has 0 spiro atoms. The first-order valence-electron chi connectivity index (χ1n) is 9.17. The van der Waals surface area contributed by atoms with Crippen molar-refractivity contribution in [1.29, 1.82) is 0 Å². The van der Waals surface area contributed by atoms with Gasteiger partial charge in [-0.15, -0.1) is 0 Å². The molecule has 1 amide bonds. The fourth-order valence-electron chi connectivity index (χ4n) is 3.38. The van der Waals surface area contributed by atoms with Gasteiger partial charge < -0.3 is 9.73 Å². The smallest absolute Gasteiger partial charge is 0.408 e.